The largest absolute Gasteiger partial charge is 0.345 e. The van der Waals surface area contributed by atoms with Crippen LogP contribution in [-0.2, 0) is 9.59 Å². The molecule has 2 aromatic carbocycles. The molecular formula is C23H28N6O2. The van der Waals surface area contributed by atoms with Crippen LogP contribution < -0.4 is 10.6 Å². The zero-order valence-corrected chi connectivity index (χ0v) is 18.5. The van der Waals surface area contributed by atoms with E-state index in [2.05, 4.69) is 26.0 Å². The Morgan fingerprint density at radius 3 is 2.29 bits per heavy atom. The quantitative estimate of drug-likeness (QED) is 0.611. The van der Waals surface area contributed by atoms with Gasteiger partial charge in [0.1, 0.15) is 0 Å². The molecule has 0 saturated heterocycles. The Balaban J connectivity index is 1.66. The second-order valence-electron chi connectivity index (χ2n) is 8.03. The molecule has 0 bridgehead atoms. The van der Waals surface area contributed by atoms with E-state index in [9.17, 15) is 9.59 Å². The molecule has 1 heterocycles. The van der Waals surface area contributed by atoms with Crippen molar-refractivity contribution >= 4 is 17.5 Å². The fourth-order valence-electron chi connectivity index (χ4n) is 3.55. The van der Waals surface area contributed by atoms with Crippen LogP contribution in [0.3, 0.4) is 0 Å². The van der Waals surface area contributed by atoms with Crippen molar-refractivity contribution in [3.05, 3.63) is 59.2 Å². The van der Waals surface area contributed by atoms with Gasteiger partial charge in [0, 0.05) is 11.3 Å². The highest BCUT2D eigenvalue weighted by Crippen LogP contribution is 2.22. The van der Waals surface area contributed by atoms with Gasteiger partial charge in [0.2, 0.25) is 17.6 Å². The highest BCUT2D eigenvalue weighted by atomic mass is 16.2. The third kappa shape index (κ3) is 5.33. The van der Waals surface area contributed by atoms with Crippen molar-refractivity contribution in [1.29, 1.82) is 0 Å². The molecule has 8 nitrogen and oxygen atoms in total. The molecule has 0 aliphatic heterocycles. The number of nitrogens with zero attached hydrogens (tertiary/aromatic N) is 4. The van der Waals surface area contributed by atoms with Crippen LogP contribution in [0.25, 0.3) is 11.4 Å². The Kier molecular flexibility index (Phi) is 6.79. The normalized spacial score (nSPS) is 11.9. The number of carbonyl (C=O) groups is 2. The van der Waals surface area contributed by atoms with Crippen molar-refractivity contribution in [1.82, 2.24) is 25.5 Å². The Morgan fingerprint density at radius 1 is 1.03 bits per heavy atom. The zero-order valence-electron chi connectivity index (χ0n) is 18.5. The molecule has 0 spiro atoms. The lowest BCUT2D eigenvalue weighted by atomic mass is 10.0. The van der Waals surface area contributed by atoms with Crippen LogP contribution in [0.2, 0.25) is 0 Å². The molecule has 0 fully saturated rings. The molecule has 1 aromatic heterocycles. The van der Waals surface area contributed by atoms with E-state index in [1.165, 1.54) is 4.80 Å². The second-order valence-corrected chi connectivity index (χ2v) is 8.03. The van der Waals surface area contributed by atoms with E-state index < -0.39 is 6.04 Å². The smallest absolute Gasteiger partial charge is 0.247 e. The summed E-state index contributed by atoms with van der Waals surface area (Å²) < 4.78 is 0. The fourth-order valence-corrected chi connectivity index (χ4v) is 3.55. The number of hydrogen-bond acceptors (Lipinski definition) is 5. The molecule has 2 N–H and O–H groups in total. The SMILES string of the molecule is Cc1cc(C)c(NC(=O)CNC(=O)[C@@H](C(C)C)n2nnc(-c3ccccc3)n2)c(C)c1. The molecule has 31 heavy (non-hydrogen) atoms. The standard InChI is InChI=1S/C23H28N6O2/c1-14(2)21(29-27-22(26-28-29)18-9-7-6-8-10-18)23(31)24-13-19(30)25-20-16(4)11-15(3)12-17(20)5/h6-12,14,21H,13H2,1-5H3,(H,24,31)(H,25,30)/t21-/m1/s1. The topological polar surface area (TPSA) is 102 Å². The van der Waals surface area contributed by atoms with E-state index in [0.29, 0.717) is 5.82 Å². The van der Waals surface area contributed by atoms with Crippen LogP contribution in [0.5, 0.6) is 0 Å². The lowest BCUT2D eigenvalue weighted by Crippen LogP contribution is -2.40. The Hall–Kier alpha value is -3.55. The molecule has 162 valence electrons. The first-order chi connectivity index (χ1) is 14.8. The first kappa shape index (κ1) is 22.1. The molecule has 0 saturated carbocycles. The molecule has 3 rings (SSSR count). The summed E-state index contributed by atoms with van der Waals surface area (Å²) >= 11 is 0. The molecule has 2 amide bonds. The maximum atomic E-state index is 12.8. The first-order valence-electron chi connectivity index (χ1n) is 10.3. The predicted octanol–water partition coefficient (Wildman–Crippen LogP) is 3.22. The van der Waals surface area contributed by atoms with Gasteiger partial charge in [-0.3, -0.25) is 9.59 Å². The van der Waals surface area contributed by atoms with Crippen LogP contribution in [0, 0.1) is 26.7 Å². The highest BCUT2D eigenvalue weighted by molar-refractivity contribution is 5.96. The number of aromatic nitrogens is 4. The summed E-state index contributed by atoms with van der Waals surface area (Å²) in [6.45, 7) is 9.56. The average Bonchev–Trinajstić information content (AvgIpc) is 3.19. The molecular weight excluding hydrogens is 392 g/mol. The summed E-state index contributed by atoms with van der Waals surface area (Å²) in [6, 6.07) is 12.8. The third-order valence-electron chi connectivity index (χ3n) is 4.97. The average molecular weight is 421 g/mol. The Bertz CT molecular complexity index is 1050. The van der Waals surface area contributed by atoms with E-state index in [4.69, 9.17) is 0 Å². The van der Waals surface area contributed by atoms with Crippen LogP contribution in [0.1, 0.15) is 36.6 Å². The van der Waals surface area contributed by atoms with E-state index in [-0.39, 0.29) is 24.3 Å². The van der Waals surface area contributed by atoms with Gasteiger partial charge in [0.15, 0.2) is 6.04 Å². The van der Waals surface area contributed by atoms with Crippen molar-refractivity contribution in [2.45, 2.75) is 40.7 Å². The van der Waals surface area contributed by atoms with Crippen LogP contribution in [0.4, 0.5) is 5.69 Å². The van der Waals surface area contributed by atoms with Gasteiger partial charge in [0.05, 0.1) is 6.54 Å². The Labute approximate surface area is 182 Å². The lowest BCUT2D eigenvalue weighted by Gasteiger charge is -2.19. The number of amides is 2. The van der Waals surface area contributed by atoms with Crippen molar-refractivity contribution in [3.63, 3.8) is 0 Å². The number of carbonyl (C=O) groups excluding carboxylic acids is 2. The fraction of sp³-hybridized carbons (Fsp3) is 0.348. The van der Waals surface area contributed by atoms with Gasteiger partial charge in [0.25, 0.3) is 0 Å². The lowest BCUT2D eigenvalue weighted by molar-refractivity contribution is -0.128. The second kappa shape index (κ2) is 9.51. The van der Waals surface area contributed by atoms with Crippen molar-refractivity contribution in [3.8, 4) is 11.4 Å². The summed E-state index contributed by atoms with van der Waals surface area (Å²) in [7, 11) is 0. The number of nitrogens with one attached hydrogen (secondary N) is 2. The zero-order chi connectivity index (χ0) is 22.5. The Morgan fingerprint density at radius 2 is 1.68 bits per heavy atom. The molecule has 0 unspecified atom stereocenters. The third-order valence-corrected chi connectivity index (χ3v) is 4.97. The van der Waals surface area contributed by atoms with Gasteiger partial charge >= 0.3 is 0 Å². The number of anilines is 1. The molecule has 0 aliphatic carbocycles. The number of aryl methyl sites for hydroxylation is 3. The van der Waals surface area contributed by atoms with E-state index >= 15 is 0 Å². The minimum Gasteiger partial charge on any atom is -0.345 e. The van der Waals surface area contributed by atoms with Gasteiger partial charge < -0.3 is 10.6 Å². The number of benzene rings is 2. The summed E-state index contributed by atoms with van der Waals surface area (Å²) in [5.74, 6) is -0.272. The molecule has 1 atom stereocenters. The van der Waals surface area contributed by atoms with Crippen LogP contribution >= 0.6 is 0 Å². The van der Waals surface area contributed by atoms with E-state index in [0.717, 1.165) is 27.9 Å². The maximum Gasteiger partial charge on any atom is 0.247 e. The minimum absolute atomic E-state index is 0.0949. The summed E-state index contributed by atoms with van der Waals surface area (Å²) in [4.78, 5) is 26.6. The van der Waals surface area contributed by atoms with Gasteiger partial charge in [-0.2, -0.15) is 4.80 Å². The van der Waals surface area contributed by atoms with Crippen LogP contribution in [-0.4, -0.2) is 38.6 Å². The monoisotopic (exact) mass is 420 g/mol. The first-order valence-corrected chi connectivity index (χ1v) is 10.3. The minimum atomic E-state index is -0.680. The number of tetrazole rings is 1. The van der Waals surface area contributed by atoms with Crippen molar-refractivity contribution in [2.75, 3.05) is 11.9 Å². The summed E-state index contributed by atoms with van der Waals surface area (Å²) in [5, 5.41) is 18.1. The van der Waals surface area contributed by atoms with Gasteiger partial charge in [-0.05, 0) is 43.0 Å². The maximum absolute atomic E-state index is 12.8. The van der Waals surface area contributed by atoms with Gasteiger partial charge in [-0.15, -0.1) is 10.2 Å². The highest BCUT2D eigenvalue weighted by Gasteiger charge is 2.27. The summed E-state index contributed by atoms with van der Waals surface area (Å²) in [5.41, 5.74) is 4.70. The van der Waals surface area contributed by atoms with Crippen molar-refractivity contribution in [2.24, 2.45) is 5.92 Å². The molecule has 3 aromatic rings. The van der Waals surface area contributed by atoms with E-state index in [1.807, 2.05) is 77.1 Å². The molecule has 8 heteroatoms. The number of rotatable bonds is 7. The summed E-state index contributed by atoms with van der Waals surface area (Å²) in [6.07, 6.45) is 0. The van der Waals surface area contributed by atoms with Gasteiger partial charge in [-0.1, -0.05) is 61.9 Å². The van der Waals surface area contributed by atoms with Crippen molar-refractivity contribution < 1.29 is 9.59 Å². The van der Waals surface area contributed by atoms with E-state index in [1.54, 1.807) is 0 Å². The molecule has 0 radical (unpaired) electrons. The predicted molar refractivity (Wildman–Crippen MR) is 119 cm³/mol. The van der Waals surface area contributed by atoms with Crippen LogP contribution in [0.15, 0.2) is 42.5 Å². The molecule has 0 aliphatic rings. The van der Waals surface area contributed by atoms with Gasteiger partial charge in [-0.25, -0.2) is 0 Å². The number of hydrogen-bond donors (Lipinski definition) is 2.